The van der Waals surface area contributed by atoms with Crippen molar-refractivity contribution in [3.05, 3.63) is 45.1 Å². The van der Waals surface area contributed by atoms with Gasteiger partial charge in [-0.15, -0.1) is 0 Å². The van der Waals surface area contributed by atoms with Crippen LogP contribution in [0.25, 0.3) is 21.9 Å². The minimum Gasteiger partial charge on any atom is -0.340 e. The summed E-state index contributed by atoms with van der Waals surface area (Å²) in [5.41, 5.74) is 0.631. The Morgan fingerprint density at radius 1 is 1.12 bits per heavy atom. The molecule has 0 bridgehead atoms. The fourth-order valence-corrected chi connectivity index (χ4v) is 1.91. The number of fused-ring (bicyclic) bond motifs is 3. The zero-order valence-corrected chi connectivity index (χ0v) is 8.57. The summed E-state index contributed by atoms with van der Waals surface area (Å²) in [4.78, 5) is 29.0. The molecule has 3 rings (SSSR count). The van der Waals surface area contributed by atoms with E-state index < -0.39 is 5.69 Å². The van der Waals surface area contributed by atoms with Gasteiger partial charge in [-0.1, -0.05) is 18.2 Å². The molecule has 0 aliphatic rings. The molecule has 0 fully saturated rings. The lowest BCUT2D eigenvalue weighted by molar-refractivity contribution is 0.793. The third-order valence-electron chi connectivity index (χ3n) is 2.76. The number of hydrogen-bond donors (Lipinski definition) is 2. The third-order valence-corrected chi connectivity index (χ3v) is 2.76. The first-order valence-corrected chi connectivity index (χ1v) is 4.88. The highest BCUT2D eigenvalue weighted by Gasteiger charge is 2.10. The van der Waals surface area contributed by atoms with Gasteiger partial charge in [-0.25, -0.2) is 4.79 Å². The molecule has 0 saturated heterocycles. The van der Waals surface area contributed by atoms with Crippen molar-refractivity contribution in [2.75, 3.05) is 0 Å². The van der Waals surface area contributed by atoms with Crippen molar-refractivity contribution in [3.63, 3.8) is 0 Å². The van der Waals surface area contributed by atoms with Crippen LogP contribution in [0.4, 0.5) is 0 Å². The molecule has 0 unspecified atom stereocenters. The molecule has 0 aliphatic heterocycles. The highest BCUT2D eigenvalue weighted by atomic mass is 16.2. The Balaban J connectivity index is 2.73. The van der Waals surface area contributed by atoms with Crippen molar-refractivity contribution in [1.82, 2.24) is 14.5 Å². The Labute approximate surface area is 89.3 Å². The molecule has 80 valence electrons. The van der Waals surface area contributed by atoms with Crippen LogP contribution in [-0.2, 0) is 7.05 Å². The van der Waals surface area contributed by atoms with Crippen molar-refractivity contribution in [2.24, 2.45) is 7.05 Å². The summed E-state index contributed by atoms with van der Waals surface area (Å²) in [7, 11) is 1.46. The maximum absolute atomic E-state index is 11.9. The summed E-state index contributed by atoms with van der Waals surface area (Å²) in [5.74, 6) is 0. The molecule has 0 saturated carbocycles. The van der Waals surface area contributed by atoms with Gasteiger partial charge >= 0.3 is 5.69 Å². The highest BCUT2D eigenvalue weighted by Crippen LogP contribution is 2.19. The molecule has 16 heavy (non-hydrogen) atoms. The van der Waals surface area contributed by atoms with Gasteiger partial charge in [-0.3, -0.25) is 14.3 Å². The van der Waals surface area contributed by atoms with E-state index in [9.17, 15) is 9.59 Å². The number of H-pyrrole nitrogens is 2. The molecule has 0 radical (unpaired) electrons. The van der Waals surface area contributed by atoms with Crippen LogP contribution in [0.1, 0.15) is 0 Å². The second kappa shape index (κ2) is 2.85. The quantitative estimate of drug-likeness (QED) is 0.579. The second-order valence-electron chi connectivity index (χ2n) is 3.71. The van der Waals surface area contributed by atoms with E-state index in [1.54, 1.807) is 0 Å². The van der Waals surface area contributed by atoms with Crippen LogP contribution < -0.4 is 11.2 Å². The van der Waals surface area contributed by atoms with Crippen LogP contribution in [0.5, 0.6) is 0 Å². The summed E-state index contributed by atoms with van der Waals surface area (Å²) in [6.07, 6.45) is 0. The van der Waals surface area contributed by atoms with Crippen LogP contribution in [0.3, 0.4) is 0 Å². The van der Waals surface area contributed by atoms with Crippen LogP contribution in [-0.4, -0.2) is 14.5 Å². The molecule has 5 heteroatoms. The first kappa shape index (κ1) is 8.96. The fourth-order valence-electron chi connectivity index (χ4n) is 1.91. The van der Waals surface area contributed by atoms with E-state index in [1.165, 1.54) is 7.05 Å². The Bertz CT molecular complexity index is 807. The number of aromatic nitrogens is 3. The van der Waals surface area contributed by atoms with Gasteiger partial charge in [0.05, 0.1) is 5.39 Å². The first-order chi connectivity index (χ1) is 7.68. The zero-order valence-electron chi connectivity index (χ0n) is 8.57. The molecule has 2 aromatic heterocycles. The van der Waals surface area contributed by atoms with Gasteiger partial charge in [0.15, 0.2) is 0 Å². The summed E-state index contributed by atoms with van der Waals surface area (Å²) in [6.45, 7) is 0. The smallest absolute Gasteiger partial charge is 0.329 e. The Morgan fingerprint density at radius 2 is 1.88 bits per heavy atom. The number of rotatable bonds is 0. The van der Waals surface area contributed by atoms with E-state index in [4.69, 9.17) is 0 Å². The third kappa shape index (κ3) is 0.995. The summed E-state index contributed by atoms with van der Waals surface area (Å²) < 4.78 is 1.07. The monoisotopic (exact) mass is 215 g/mol. The Kier molecular flexibility index (Phi) is 1.60. The standard InChI is InChI=1S/C11H9N3O2/c1-14-10(15)8-6-4-2-3-5-7(6)12-9(8)13-11(14)16/h2-5,12H,1H3,(H,13,16). The van der Waals surface area contributed by atoms with E-state index in [-0.39, 0.29) is 5.56 Å². The minimum atomic E-state index is -0.413. The Hall–Kier alpha value is -2.30. The van der Waals surface area contributed by atoms with Gasteiger partial charge in [0.1, 0.15) is 5.65 Å². The summed E-state index contributed by atoms with van der Waals surface area (Å²) >= 11 is 0. The minimum absolute atomic E-state index is 0.281. The van der Waals surface area contributed by atoms with Crippen molar-refractivity contribution >= 4 is 21.9 Å². The van der Waals surface area contributed by atoms with Crippen molar-refractivity contribution < 1.29 is 0 Å². The van der Waals surface area contributed by atoms with E-state index in [0.717, 1.165) is 15.5 Å². The van der Waals surface area contributed by atoms with E-state index in [2.05, 4.69) is 9.97 Å². The molecule has 0 amide bonds. The molecule has 2 N–H and O–H groups in total. The number of para-hydroxylation sites is 1. The zero-order chi connectivity index (χ0) is 11.3. The van der Waals surface area contributed by atoms with Crippen molar-refractivity contribution in [1.29, 1.82) is 0 Å². The molecule has 0 spiro atoms. The van der Waals surface area contributed by atoms with E-state index in [1.807, 2.05) is 24.3 Å². The predicted molar refractivity (Wildman–Crippen MR) is 61.7 cm³/mol. The van der Waals surface area contributed by atoms with Crippen LogP contribution >= 0.6 is 0 Å². The van der Waals surface area contributed by atoms with Crippen LogP contribution in [0.2, 0.25) is 0 Å². The molecular weight excluding hydrogens is 206 g/mol. The lowest BCUT2D eigenvalue weighted by Crippen LogP contribution is -2.32. The fraction of sp³-hybridized carbons (Fsp3) is 0.0909. The molecule has 0 atom stereocenters. The van der Waals surface area contributed by atoms with Crippen LogP contribution in [0, 0.1) is 0 Å². The number of benzene rings is 1. The highest BCUT2D eigenvalue weighted by molar-refractivity contribution is 6.05. The van der Waals surface area contributed by atoms with E-state index in [0.29, 0.717) is 11.0 Å². The maximum Gasteiger partial charge on any atom is 0.329 e. The number of nitrogens with zero attached hydrogens (tertiary/aromatic N) is 1. The van der Waals surface area contributed by atoms with Crippen LogP contribution in [0.15, 0.2) is 33.9 Å². The number of nitrogens with one attached hydrogen (secondary N) is 2. The van der Waals surface area contributed by atoms with Gasteiger partial charge in [0.2, 0.25) is 0 Å². The topological polar surface area (TPSA) is 70.7 Å². The number of aromatic amines is 2. The summed E-state index contributed by atoms with van der Waals surface area (Å²) in [5, 5.41) is 1.35. The first-order valence-electron chi connectivity index (χ1n) is 4.88. The normalized spacial score (nSPS) is 11.3. The average molecular weight is 215 g/mol. The van der Waals surface area contributed by atoms with Gasteiger partial charge in [-0.2, -0.15) is 0 Å². The molecule has 3 aromatic rings. The van der Waals surface area contributed by atoms with Gasteiger partial charge < -0.3 is 4.98 Å². The van der Waals surface area contributed by atoms with Crippen molar-refractivity contribution in [2.45, 2.75) is 0 Å². The predicted octanol–water partition coefficient (Wildman–Crippen LogP) is 0.708. The molecular formula is C11H9N3O2. The van der Waals surface area contributed by atoms with Crippen molar-refractivity contribution in [3.8, 4) is 0 Å². The SMILES string of the molecule is Cn1c(=O)[nH]c2[nH]c3ccccc3c2c1=O. The number of hydrogen-bond acceptors (Lipinski definition) is 2. The Morgan fingerprint density at radius 3 is 2.69 bits per heavy atom. The van der Waals surface area contributed by atoms with Gasteiger partial charge in [0, 0.05) is 18.0 Å². The second-order valence-corrected chi connectivity index (χ2v) is 3.71. The lowest BCUT2D eigenvalue weighted by atomic mass is 10.2. The van der Waals surface area contributed by atoms with Gasteiger partial charge in [-0.05, 0) is 6.07 Å². The summed E-state index contributed by atoms with van der Waals surface area (Å²) in [6, 6.07) is 7.46. The molecule has 1 aromatic carbocycles. The largest absolute Gasteiger partial charge is 0.340 e. The van der Waals surface area contributed by atoms with E-state index >= 15 is 0 Å². The molecule has 2 heterocycles. The average Bonchev–Trinajstić information content (AvgIpc) is 2.64. The molecule has 5 nitrogen and oxygen atoms in total. The lowest BCUT2D eigenvalue weighted by Gasteiger charge is -1.95. The van der Waals surface area contributed by atoms with Gasteiger partial charge in [0.25, 0.3) is 5.56 Å². The maximum atomic E-state index is 11.9. The molecule has 0 aliphatic carbocycles.